The first-order chi connectivity index (χ1) is 15.9. The Kier molecular flexibility index (Phi) is 6.51. The van der Waals surface area contributed by atoms with Gasteiger partial charge in [-0.15, -0.1) is 0 Å². The number of hydrogen-bond donors (Lipinski definition) is 2. The van der Waals surface area contributed by atoms with Crippen molar-refractivity contribution < 1.29 is 22.3 Å². The second kappa shape index (κ2) is 8.97. The largest absolute Gasteiger partial charge is 0.388 e. The van der Waals surface area contributed by atoms with Crippen molar-refractivity contribution in [2.45, 2.75) is 70.1 Å². The van der Waals surface area contributed by atoms with Crippen molar-refractivity contribution >= 4 is 27.0 Å². The van der Waals surface area contributed by atoms with Crippen molar-refractivity contribution in [1.82, 2.24) is 18.8 Å². The molecule has 3 heterocycles. The third-order valence-electron chi connectivity index (χ3n) is 6.79. The number of piperidine rings is 1. The fraction of sp³-hybridized carbons (Fsp3) is 0.591. The van der Waals surface area contributed by atoms with Crippen LogP contribution in [0.5, 0.6) is 0 Å². The molecule has 2 N–H and O–H groups in total. The van der Waals surface area contributed by atoms with Gasteiger partial charge in [-0.2, -0.15) is 9.29 Å². The quantitative estimate of drug-likeness (QED) is 0.630. The summed E-state index contributed by atoms with van der Waals surface area (Å²) in [6.45, 7) is 7.23. The molecule has 186 valence electrons. The molecule has 0 bridgehead atoms. The van der Waals surface area contributed by atoms with Crippen LogP contribution in [0.1, 0.15) is 64.0 Å². The average Bonchev–Trinajstić information content (AvgIpc) is 3.12. The molecule has 2 aromatic heterocycles. The standard InChI is InChI=1S/C22H29F2N5O4S/c1-13(2)34(32,33)28-9-6-15(7-10-28)26-21-25-12-14-11-16(18(23)24)20(30)29(19(14)27-21)17-5-4-8-22(17,3)31/h11-12,15,17-18,31H,1,4-10H2,2-3H3,(H,25,26,27)/t17-,22-/m1/s1. The number of allylic oxidation sites excluding steroid dienone is 1. The number of alkyl halides is 2. The van der Waals surface area contributed by atoms with Gasteiger partial charge in [0.05, 0.1) is 17.2 Å². The van der Waals surface area contributed by atoms with Crippen LogP contribution in [0.4, 0.5) is 14.7 Å². The number of sulfonamides is 1. The monoisotopic (exact) mass is 497 g/mol. The lowest BCUT2D eigenvalue weighted by Gasteiger charge is -2.32. The molecule has 2 aliphatic rings. The molecule has 2 aromatic rings. The summed E-state index contributed by atoms with van der Waals surface area (Å²) in [6.07, 6.45) is 1.03. The summed E-state index contributed by atoms with van der Waals surface area (Å²) in [5.74, 6) is 0.212. The molecule has 9 nitrogen and oxygen atoms in total. The van der Waals surface area contributed by atoms with Gasteiger partial charge in [0.2, 0.25) is 16.0 Å². The molecule has 0 aromatic carbocycles. The van der Waals surface area contributed by atoms with Crippen molar-refractivity contribution in [3.8, 4) is 0 Å². The lowest BCUT2D eigenvalue weighted by Crippen LogP contribution is -2.42. The Balaban J connectivity index is 1.65. The highest BCUT2D eigenvalue weighted by Gasteiger charge is 2.40. The molecule has 0 radical (unpaired) electrons. The van der Waals surface area contributed by atoms with Gasteiger partial charge >= 0.3 is 0 Å². The van der Waals surface area contributed by atoms with E-state index in [1.54, 1.807) is 6.92 Å². The summed E-state index contributed by atoms with van der Waals surface area (Å²) in [7, 11) is -3.51. The number of nitrogens with one attached hydrogen (secondary N) is 1. The fourth-order valence-electron chi connectivity index (χ4n) is 4.84. The number of halogens is 2. The zero-order valence-corrected chi connectivity index (χ0v) is 20.0. The average molecular weight is 498 g/mol. The molecule has 1 aliphatic heterocycles. The van der Waals surface area contributed by atoms with Crippen LogP contribution in [0.3, 0.4) is 0 Å². The molecular weight excluding hydrogens is 468 g/mol. The van der Waals surface area contributed by atoms with Crippen LogP contribution in [0.15, 0.2) is 28.5 Å². The maximum Gasteiger partial charge on any atom is 0.269 e. The van der Waals surface area contributed by atoms with E-state index in [0.717, 1.165) is 6.07 Å². The Labute approximate surface area is 196 Å². The van der Waals surface area contributed by atoms with E-state index in [1.807, 2.05) is 0 Å². The molecule has 0 spiro atoms. The SMILES string of the molecule is C=C(C)S(=O)(=O)N1CCC(Nc2ncc3cc(C(F)F)c(=O)n([C@@H]4CCC[C@@]4(C)O)c3n2)CC1. The molecule has 12 heteroatoms. The van der Waals surface area contributed by atoms with E-state index < -0.39 is 39.2 Å². The zero-order chi connectivity index (χ0) is 24.8. The van der Waals surface area contributed by atoms with Crippen LogP contribution in [0.2, 0.25) is 0 Å². The van der Waals surface area contributed by atoms with E-state index in [2.05, 4.69) is 21.9 Å². The summed E-state index contributed by atoms with van der Waals surface area (Å²) in [5.41, 5.74) is -2.55. The van der Waals surface area contributed by atoms with Crippen molar-refractivity contribution in [2.75, 3.05) is 18.4 Å². The van der Waals surface area contributed by atoms with Crippen LogP contribution in [-0.4, -0.2) is 57.1 Å². The zero-order valence-electron chi connectivity index (χ0n) is 19.2. The molecule has 0 amide bonds. The predicted molar refractivity (Wildman–Crippen MR) is 124 cm³/mol. The Morgan fingerprint density at radius 1 is 1.32 bits per heavy atom. The minimum Gasteiger partial charge on any atom is -0.388 e. The number of aliphatic hydroxyl groups is 1. The van der Waals surface area contributed by atoms with Gasteiger partial charge in [0.1, 0.15) is 5.65 Å². The molecule has 2 atom stereocenters. The molecule has 2 fully saturated rings. The Hall–Kier alpha value is -2.44. The summed E-state index contributed by atoms with van der Waals surface area (Å²) in [6, 6.07) is 0.316. The third kappa shape index (κ3) is 4.46. The fourth-order valence-corrected chi connectivity index (χ4v) is 5.97. The molecule has 0 unspecified atom stereocenters. The normalized spacial score (nSPS) is 24.7. The van der Waals surface area contributed by atoms with Gasteiger partial charge in [0, 0.05) is 35.6 Å². The number of aromatic nitrogens is 3. The molecular formula is C22H29F2N5O4S. The van der Waals surface area contributed by atoms with E-state index in [0.29, 0.717) is 45.2 Å². The summed E-state index contributed by atoms with van der Waals surface area (Å²) in [4.78, 5) is 21.8. The Bertz CT molecular complexity index is 1270. The molecule has 4 rings (SSSR count). The van der Waals surface area contributed by atoms with Crippen LogP contribution in [0.25, 0.3) is 11.0 Å². The molecule has 1 aliphatic carbocycles. The molecule has 1 saturated heterocycles. The number of fused-ring (bicyclic) bond motifs is 1. The maximum atomic E-state index is 13.6. The van der Waals surface area contributed by atoms with Crippen LogP contribution in [-0.2, 0) is 10.0 Å². The van der Waals surface area contributed by atoms with Gasteiger partial charge in [0.15, 0.2) is 0 Å². The van der Waals surface area contributed by atoms with E-state index in [9.17, 15) is 27.1 Å². The van der Waals surface area contributed by atoms with Gasteiger partial charge in [-0.1, -0.05) is 6.58 Å². The van der Waals surface area contributed by atoms with Crippen molar-refractivity contribution in [1.29, 1.82) is 0 Å². The number of hydrogen-bond acceptors (Lipinski definition) is 7. The molecule has 1 saturated carbocycles. The highest BCUT2D eigenvalue weighted by atomic mass is 32.2. The van der Waals surface area contributed by atoms with E-state index in [1.165, 1.54) is 22.0 Å². The molecule has 34 heavy (non-hydrogen) atoms. The first-order valence-electron chi connectivity index (χ1n) is 11.3. The minimum atomic E-state index is -3.51. The first kappa shape index (κ1) is 24.7. The lowest BCUT2D eigenvalue weighted by atomic mass is 9.99. The van der Waals surface area contributed by atoms with Crippen molar-refractivity contribution in [3.63, 3.8) is 0 Å². The maximum absolute atomic E-state index is 13.6. The van der Waals surface area contributed by atoms with Gasteiger partial charge in [0.25, 0.3) is 12.0 Å². The van der Waals surface area contributed by atoms with E-state index in [-0.39, 0.29) is 27.9 Å². The van der Waals surface area contributed by atoms with Gasteiger partial charge in [-0.3, -0.25) is 9.36 Å². The number of pyridine rings is 1. The smallest absolute Gasteiger partial charge is 0.269 e. The van der Waals surface area contributed by atoms with Gasteiger partial charge in [-0.05, 0) is 52.0 Å². The van der Waals surface area contributed by atoms with Crippen LogP contribution in [0, 0.1) is 0 Å². The van der Waals surface area contributed by atoms with Crippen molar-refractivity contribution in [3.05, 3.63) is 39.7 Å². The number of nitrogens with zero attached hydrogens (tertiary/aromatic N) is 4. The minimum absolute atomic E-state index is 0.0979. The van der Waals surface area contributed by atoms with Crippen LogP contribution >= 0.6 is 0 Å². The first-order valence-corrected chi connectivity index (χ1v) is 12.7. The second-order valence-corrected chi connectivity index (χ2v) is 11.5. The summed E-state index contributed by atoms with van der Waals surface area (Å²) < 4.78 is 54.3. The second-order valence-electron chi connectivity index (χ2n) is 9.34. The lowest BCUT2D eigenvalue weighted by molar-refractivity contribution is 0.0261. The predicted octanol–water partition coefficient (Wildman–Crippen LogP) is 2.94. The Morgan fingerprint density at radius 2 is 2.00 bits per heavy atom. The summed E-state index contributed by atoms with van der Waals surface area (Å²) >= 11 is 0. The third-order valence-corrected chi connectivity index (χ3v) is 8.72. The van der Waals surface area contributed by atoms with E-state index >= 15 is 0 Å². The Morgan fingerprint density at radius 3 is 2.56 bits per heavy atom. The van der Waals surface area contributed by atoms with Gasteiger partial charge in [-0.25, -0.2) is 22.2 Å². The van der Waals surface area contributed by atoms with Crippen LogP contribution < -0.4 is 10.9 Å². The highest BCUT2D eigenvalue weighted by molar-refractivity contribution is 7.92. The topological polar surface area (TPSA) is 117 Å². The van der Waals surface area contributed by atoms with E-state index in [4.69, 9.17) is 0 Å². The summed E-state index contributed by atoms with van der Waals surface area (Å²) in [5, 5.41) is 14.3. The highest BCUT2D eigenvalue weighted by Crippen LogP contribution is 2.39. The number of rotatable bonds is 6. The van der Waals surface area contributed by atoms with Gasteiger partial charge < -0.3 is 10.4 Å². The number of anilines is 1. The van der Waals surface area contributed by atoms with Crippen molar-refractivity contribution in [2.24, 2.45) is 0 Å².